The fourth-order valence-corrected chi connectivity index (χ4v) is 2.79. The summed E-state index contributed by atoms with van der Waals surface area (Å²) in [6.07, 6.45) is -6.29. The molecule has 0 aromatic heterocycles. The van der Waals surface area contributed by atoms with Crippen molar-refractivity contribution in [3.8, 4) is 5.75 Å². The number of aliphatic hydroxyl groups excluding tert-OH is 2. The van der Waals surface area contributed by atoms with Crippen molar-refractivity contribution < 1.29 is 97.9 Å². The smallest absolute Gasteiger partial charge is 0.726 e. The summed E-state index contributed by atoms with van der Waals surface area (Å²) in [5.41, 5.74) is -0.210. The number of carbonyl (C=O) groups is 1. The van der Waals surface area contributed by atoms with Gasteiger partial charge in [-0.05, 0) is 12.1 Å². The Labute approximate surface area is 207 Å². The Morgan fingerprint density at radius 3 is 2.34 bits per heavy atom. The van der Waals surface area contributed by atoms with Crippen molar-refractivity contribution in [3.05, 3.63) is 34.4 Å². The number of rotatable bonds is 7. The van der Waals surface area contributed by atoms with Crippen LogP contribution in [-0.2, 0) is 24.1 Å². The van der Waals surface area contributed by atoms with Gasteiger partial charge in [0.25, 0.3) is 5.69 Å². The molecule has 0 aliphatic carbocycles. The number of aliphatic hydroxyl groups is 2. The number of non-ortho nitro benzene ring substituents is 1. The van der Waals surface area contributed by atoms with Gasteiger partial charge in [0.1, 0.15) is 30.1 Å². The van der Waals surface area contributed by atoms with E-state index in [1.54, 1.807) is 0 Å². The van der Waals surface area contributed by atoms with Crippen LogP contribution in [0, 0.1) is 10.1 Å². The fourth-order valence-electron chi connectivity index (χ4n) is 2.49. The number of carbonyl (C=O) groups excluding carboxylic acids is 1. The first-order valence-electron chi connectivity index (χ1n) is 7.78. The summed E-state index contributed by atoms with van der Waals surface area (Å²) in [6.45, 7) is 0.234. The summed E-state index contributed by atoms with van der Waals surface area (Å²) in [5.74, 6) is -0.528. The van der Waals surface area contributed by atoms with Crippen LogP contribution in [-0.4, -0.2) is 71.3 Å². The Balaban J connectivity index is 0.00000420. The van der Waals surface area contributed by atoms with Gasteiger partial charge in [-0.3, -0.25) is 19.1 Å². The van der Waals surface area contributed by atoms with Crippen molar-refractivity contribution >= 4 is 22.0 Å². The second-order valence-corrected chi connectivity index (χ2v) is 6.86. The van der Waals surface area contributed by atoms with Crippen LogP contribution in [0.25, 0.3) is 0 Å². The zero-order chi connectivity index (χ0) is 21.1. The number of nitro groups is 1. The van der Waals surface area contributed by atoms with E-state index in [1.165, 1.54) is 12.1 Å². The van der Waals surface area contributed by atoms with Crippen molar-refractivity contribution in [2.45, 2.75) is 37.6 Å². The number of nitrogens with one attached hydrogen (secondary N) is 1. The van der Waals surface area contributed by atoms with Crippen molar-refractivity contribution in [1.29, 1.82) is 0 Å². The number of nitro benzene ring substituents is 1. The molecule has 1 aromatic carbocycles. The summed E-state index contributed by atoms with van der Waals surface area (Å²) in [4.78, 5) is 21.5. The first kappa shape index (κ1) is 26.3. The molecule has 5 unspecified atom stereocenters. The van der Waals surface area contributed by atoms with E-state index in [-0.39, 0.29) is 62.8 Å². The molecule has 15 heteroatoms. The largest absolute Gasteiger partial charge is 1.00 e. The molecule has 1 saturated heterocycles. The third-order valence-electron chi connectivity index (χ3n) is 3.75. The molecule has 1 fully saturated rings. The predicted octanol–water partition coefficient (Wildman–Crippen LogP) is -4.59. The summed E-state index contributed by atoms with van der Waals surface area (Å²) in [7, 11) is -5.08. The minimum atomic E-state index is -5.08. The van der Waals surface area contributed by atoms with Crippen LogP contribution in [0.5, 0.6) is 5.75 Å². The van der Waals surface area contributed by atoms with Crippen LogP contribution in [0.2, 0.25) is 0 Å². The van der Waals surface area contributed by atoms with Crippen LogP contribution in [0.1, 0.15) is 6.92 Å². The van der Waals surface area contributed by atoms with E-state index in [0.717, 1.165) is 19.1 Å². The van der Waals surface area contributed by atoms with Crippen LogP contribution in [0.3, 0.4) is 0 Å². The van der Waals surface area contributed by atoms with Gasteiger partial charge >= 0.3 is 51.4 Å². The molecule has 156 valence electrons. The second kappa shape index (κ2) is 11.1. The van der Waals surface area contributed by atoms with E-state index in [4.69, 9.17) is 9.47 Å². The summed E-state index contributed by atoms with van der Waals surface area (Å²) >= 11 is 0. The minimum absolute atomic E-state index is 0. The fraction of sp³-hybridized carbons (Fsp3) is 0.500. The van der Waals surface area contributed by atoms with Crippen LogP contribution in [0.4, 0.5) is 5.69 Å². The minimum Gasteiger partial charge on any atom is -0.726 e. The average Bonchev–Trinajstić information content (AvgIpc) is 2.59. The van der Waals surface area contributed by atoms with Gasteiger partial charge in [-0.2, -0.15) is 0 Å². The molecule has 0 spiro atoms. The summed E-state index contributed by atoms with van der Waals surface area (Å²) < 4.78 is 46.7. The first-order chi connectivity index (χ1) is 13.0. The molecule has 1 aliphatic rings. The third-order valence-corrected chi connectivity index (χ3v) is 4.17. The predicted molar refractivity (Wildman–Crippen MR) is 87.7 cm³/mol. The zero-order valence-corrected chi connectivity index (χ0v) is 19.3. The van der Waals surface area contributed by atoms with Crippen LogP contribution in [0.15, 0.2) is 24.3 Å². The monoisotopic (exact) mass is 460 g/mol. The van der Waals surface area contributed by atoms with E-state index in [9.17, 15) is 38.1 Å². The maximum atomic E-state index is 11.4. The van der Waals surface area contributed by atoms with Gasteiger partial charge in [-0.25, -0.2) is 8.42 Å². The molecule has 0 bridgehead atoms. The standard InChI is InChI=1S/C14H18N2O11S.K/c1-7(17)15-11-13(19)12(18)10(6-25-28(22,23)24)27-14(11)26-9-4-2-8(3-5-9)16(20)21;/h2-5,10-14,18-19H,6H2,1H3,(H,15,17)(H,22,23,24);/q;+1/p-1. The molecule has 5 atom stereocenters. The Morgan fingerprint density at radius 1 is 1.28 bits per heavy atom. The number of nitrogens with zero attached hydrogens (tertiary/aromatic N) is 1. The molecule has 1 aromatic rings. The maximum absolute atomic E-state index is 11.4. The maximum Gasteiger partial charge on any atom is 1.00 e. The van der Waals surface area contributed by atoms with Gasteiger partial charge < -0.3 is 29.6 Å². The molecule has 1 heterocycles. The van der Waals surface area contributed by atoms with Crippen molar-refractivity contribution in [1.82, 2.24) is 5.32 Å². The number of hydrogen-bond donors (Lipinski definition) is 3. The van der Waals surface area contributed by atoms with E-state index < -0.39 is 58.5 Å². The van der Waals surface area contributed by atoms with E-state index >= 15 is 0 Å². The van der Waals surface area contributed by atoms with Gasteiger partial charge in [0.05, 0.1) is 11.5 Å². The Kier molecular flexibility index (Phi) is 10.0. The Morgan fingerprint density at radius 2 is 1.86 bits per heavy atom. The Bertz CT molecular complexity index is 819. The molecule has 2 rings (SSSR count). The quantitative estimate of drug-likeness (QED) is 0.116. The molecule has 0 radical (unpaired) electrons. The van der Waals surface area contributed by atoms with Crippen LogP contribution < -0.4 is 61.4 Å². The molecule has 1 amide bonds. The van der Waals surface area contributed by atoms with Crippen molar-refractivity contribution in [3.63, 3.8) is 0 Å². The van der Waals surface area contributed by atoms with E-state index in [1.807, 2.05) is 0 Å². The molecular weight excluding hydrogens is 443 g/mol. The normalized spacial score (nSPS) is 26.8. The molecule has 29 heavy (non-hydrogen) atoms. The second-order valence-electron chi connectivity index (χ2n) is 5.81. The topological polar surface area (TPSA) is 198 Å². The third kappa shape index (κ3) is 7.80. The van der Waals surface area contributed by atoms with E-state index in [0.29, 0.717) is 0 Å². The number of ether oxygens (including phenoxy) is 2. The average molecular weight is 460 g/mol. The molecule has 0 saturated carbocycles. The number of benzene rings is 1. The number of amides is 1. The van der Waals surface area contributed by atoms with Gasteiger partial charge in [-0.1, -0.05) is 0 Å². The van der Waals surface area contributed by atoms with Gasteiger partial charge in [0, 0.05) is 19.1 Å². The number of hydrogen-bond acceptors (Lipinski definition) is 11. The van der Waals surface area contributed by atoms with Crippen molar-refractivity contribution in [2.75, 3.05) is 6.61 Å². The first-order valence-corrected chi connectivity index (χ1v) is 9.11. The zero-order valence-electron chi connectivity index (χ0n) is 15.3. The molecular formula is C14H17KN2O11S. The van der Waals surface area contributed by atoms with Gasteiger partial charge in [-0.15, -0.1) is 0 Å². The van der Waals surface area contributed by atoms with Crippen molar-refractivity contribution in [2.24, 2.45) is 0 Å². The molecule has 3 N–H and O–H groups in total. The summed E-state index contributed by atoms with van der Waals surface area (Å²) in [6, 6.07) is 3.47. The summed E-state index contributed by atoms with van der Waals surface area (Å²) in [5, 5.41) is 33.3. The van der Waals surface area contributed by atoms with Crippen LogP contribution >= 0.6 is 0 Å². The van der Waals surface area contributed by atoms with Gasteiger partial charge in [0.2, 0.25) is 22.6 Å². The van der Waals surface area contributed by atoms with Gasteiger partial charge in [0.15, 0.2) is 0 Å². The Hall–Kier alpha value is -0.724. The molecule has 13 nitrogen and oxygen atoms in total. The SMILES string of the molecule is CC(=O)NC1C(Oc2ccc([N+](=O)[O-])cc2)OC(COS(=O)(=O)[O-])C(O)C1O.[K+]. The molecule has 1 aliphatic heterocycles. The van der Waals surface area contributed by atoms with E-state index in [2.05, 4.69) is 9.50 Å².